The second kappa shape index (κ2) is 8.98. The molecule has 1 fully saturated rings. The summed E-state index contributed by atoms with van der Waals surface area (Å²) >= 11 is 0. The van der Waals surface area contributed by atoms with E-state index in [0.29, 0.717) is 12.1 Å². The van der Waals surface area contributed by atoms with Crippen LogP contribution >= 0.6 is 0 Å². The van der Waals surface area contributed by atoms with Crippen LogP contribution in [-0.4, -0.2) is 60.5 Å². The van der Waals surface area contributed by atoms with E-state index < -0.39 is 0 Å². The highest BCUT2D eigenvalue weighted by atomic mass is 16.5. The topological polar surface area (TPSA) is 44.7 Å². The predicted octanol–water partition coefficient (Wildman–Crippen LogP) is 2.02. The summed E-state index contributed by atoms with van der Waals surface area (Å²) in [5.74, 6) is 0. The molecule has 2 N–H and O–H groups in total. The van der Waals surface area contributed by atoms with E-state index in [4.69, 9.17) is 4.74 Å². The molecule has 0 aliphatic carbocycles. The second-order valence-corrected chi connectivity index (χ2v) is 6.81. The van der Waals surface area contributed by atoms with Crippen LogP contribution in [0.15, 0.2) is 0 Å². The summed E-state index contributed by atoms with van der Waals surface area (Å²) in [7, 11) is 0. The smallest absolute Gasteiger partial charge is 0.0673 e. The minimum Gasteiger partial charge on any atom is -0.394 e. The van der Waals surface area contributed by atoms with Crippen LogP contribution in [0, 0.1) is 0 Å². The number of unbranched alkanes of at least 4 members (excludes halogenated alkanes) is 1. The van der Waals surface area contributed by atoms with Gasteiger partial charge in [0.1, 0.15) is 0 Å². The monoisotopic (exact) mass is 286 g/mol. The van der Waals surface area contributed by atoms with Gasteiger partial charge in [0, 0.05) is 31.3 Å². The molecule has 120 valence electrons. The van der Waals surface area contributed by atoms with E-state index in [2.05, 4.69) is 37.9 Å². The zero-order valence-electron chi connectivity index (χ0n) is 13.8. The van der Waals surface area contributed by atoms with Gasteiger partial charge in [0.15, 0.2) is 0 Å². The van der Waals surface area contributed by atoms with Gasteiger partial charge in [0.25, 0.3) is 0 Å². The fourth-order valence-electron chi connectivity index (χ4n) is 3.03. The molecule has 0 amide bonds. The molecule has 1 saturated heterocycles. The number of nitrogens with one attached hydrogen (secondary N) is 1. The van der Waals surface area contributed by atoms with Crippen LogP contribution < -0.4 is 5.32 Å². The number of rotatable bonds is 8. The average molecular weight is 286 g/mol. The van der Waals surface area contributed by atoms with Gasteiger partial charge in [0.2, 0.25) is 0 Å². The summed E-state index contributed by atoms with van der Waals surface area (Å²) in [6.07, 6.45) is 4.89. The molecular formula is C16H34N2O2. The Kier molecular flexibility index (Phi) is 8.03. The normalized spacial score (nSPS) is 24.6. The lowest BCUT2D eigenvalue weighted by molar-refractivity contribution is 0.0673. The lowest BCUT2D eigenvalue weighted by atomic mass is 9.94. The van der Waals surface area contributed by atoms with E-state index >= 15 is 0 Å². The van der Waals surface area contributed by atoms with Gasteiger partial charge in [0.05, 0.1) is 12.7 Å². The van der Waals surface area contributed by atoms with E-state index in [1.807, 2.05) is 0 Å². The third-order valence-electron chi connectivity index (χ3n) is 3.98. The van der Waals surface area contributed by atoms with Crippen LogP contribution in [-0.2, 0) is 4.74 Å². The first-order valence-corrected chi connectivity index (χ1v) is 8.18. The van der Waals surface area contributed by atoms with Crippen molar-refractivity contribution in [3.05, 3.63) is 0 Å². The molecule has 2 atom stereocenters. The number of aliphatic hydroxyl groups excluding tert-OH is 1. The summed E-state index contributed by atoms with van der Waals surface area (Å²) in [5, 5.41) is 13.0. The van der Waals surface area contributed by atoms with Gasteiger partial charge in [-0.1, -0.05) is 20.3 Å². The Morgan fingerprint density at radius 3 is 2.80 bits per heavy atom. The zero-order valence-corrected chi connectivity index (χ0v) is 13.8. The maximum absolute atomic E-state index is 9.56. The highest BCUT2D eigenvalue weighted by molar-refractivity contribution is 4.83. The minimum atomic E-state index is -0.136. The molecule has 0 saturated carbocycles. The van der Waals surface area contributed by atoms with E-state index in [0.717, 1.165) is 45.5 Å². The zero-order chi connectivity index (χ0) is 15.0. The Morgan fingerprint density at radius 1 is 1.40 bits per heavy atom. The predicted molar refractivity (Wildman–Crippen MR) is 84.1 cm³/mol. The third kappa shape index (κ3) is 7.02. The molecule has 4 heteroatoms. The summed E-state index contributed by atoms with van der Waals surface area (Å²) in [5.41, 5.74) is -0.136. The van der Waals surface area contributed by atoms with Crippen LogP contribution in [0.25, 0.3) is 0 Å². The van der Waals surface area contributed by atoms with Gasteiger partial charge in [-0.15, -0.1) is 0 Å². The molecule has 4 nitrogen and oxygen atoms in total. The van der Waals surface area contributed by atoms with Crippen LogP contribution in [0.2, 0.25) is 0 Å². The number of nitrogens with zero attached hydrogens (tertiary/aromatic N) is 1. The van der Waals surface area contributed by atoms with E-state index in [9.17, 15) is 5.11 Å². The van der Waals surface area contributed by atoms with Crippen molar-refractivity contribution in [1.29, 1.82) is 0 Å². The Balaban J connectivity index is 2.22. The van der Waals surface area contributed by atoms with Gasteiger partial charge in [-0.2, -0.15) is 0 Å². The van der Waals surface area contributed by atoms with Crippen molar-refractivity contribution in [3.8, 4) is 0 Å². The van der Waals surface area contributed by atoms with Crippen molar-refractivity contribution in [1.82, 2.24) is 10.2 Å². The quantitative estimate of drug-likeness (QED) is 0.670. The molecule has 0 radical (unpaired) electrons. The molecule has 1 aliphatic rings. The summed E-state index contributed by atoms with van der Waals surface area (Å²) in [4.78, 5) is 2.52. The lowest BCUT2D eigenvalue weighted by Crippen LogP contribution is -2.49. The minimum absolute atomic E-state index is 0.136. The molecule has 0 aromatic carbocycles. The van der Waals surface area contributed by atoms with E-state index in [-0.39, 0.29) is 12.1 Å². The van der Waals surface area contributed by atoms with Gasteiger partial charge < -0.3 is 20.1 Å². The molecule has 2 unspecified atom stereocenters. The molecule has 1 aliphatic heterocycles. The van der Waals surface area contributed by atoms with Crippen molar-refractivity contribution in [3.63, 3.8) is 0 Å². The van der Waals surface area contributed by atoms with Crippen molar-refractivity contribution in [2.75, 3.05) is 32.8 Å². The third-order valence-corrected chi connectivity index (χ3v) is 3.98. The van der Waals surface area contributed by atoms with Gasteiger partial charge in [-0.3, -0.25) is 0 Å². The first kappa shape index (κ1) is 17.9. The summed E-state index contributed by atoms with van der Waals surface area (Å²) in [6.45, 7) is 13.0. The SMILES string of the molecule is CC(C)NC(C)(CO)CCCCN1CCCOC(C)C1. The van der Waals surface area contributed by atoms with Crippen molar-refractivity contribution < 1.29 is 9.84 Å². The first-order chi connectivity index (χ1) is 9.45. The molecule has 0 aromatic heterocycles. The first-order valence-electron chi connectivity index (χ1n) is 8.18. The summed E-state index contributed by atoms with van der Waals surface area (Å²) in [6, 6.07) is 0.413. The highest BCUT2D eigenvalue weighted by Gasteiger charge is 2.23. The van der Waals surface area contributed by atoms with Crippen LogP contribution in [0.5, 0.6) is 0 Å². The maximum atomic E-state index is 9.56. The molecule has 0 aromatic rings. The number of hydrogen-bond acceptors (Lipinski definition) is 4. The van der Waals surface area contributed by atoms with Crippen LogP contribution in [0.4, 0.5) is 0 Å². The molecule has 1 rings (SSSR count). The average Bonchev–Trinajstić information content (AvgIpc) is 2.58. The van der Waals surface area contributed by atoms with E-state index in [1.165, 1.54) is 6.42 Å². The molecular weight excluding hydrogens is 252 g/mol. The lowest BCUT2D eigenvalue weighted by Gasteiger charge is -2.31. The fourth-order valence-corrected chi connectivity index (χ4v) is 3.03. The van der Waals surface area contributed by atoms with Crippen molar-refractivity contribution in [2.45, 2.75) is 71.1 Å². The van der Waals surface area contributed by atoms with Gasteiger partial charge in [-0.05, 0) is 39.7 Å². The largest absolute Gasteiger partial charge is 0.394 e. The summed E-state index contributed by atoms with van der Waals surface area (Å²) < 4.78 is 5.67. The standard InChI is InChI=1S/C16H34N2O2/c1-14(2)17-16(4,13-19)8-5-6-9-18-10-7-11-20-15(3)12-18/h14-15,17,19H,5-13H2,1-4H3. The number of hydrogen-bond donors (Lipinski definition) is 2. The molecule has 20 heavy (non-hydrogen) atoms. The molecule has 0 spiro atoms. The van der Waals surface area contributed by atoms with Crippen LogP contribution in [0.3, 0.4) is 0 Å². The van der Waals surface area contributed by atoms with Crippen molar-refractivity contribution in [2.24, 2.45) is 0 Å². The molecule has 1 heterocycles. The highest BCUT2D eigenvalue weighted by Crippen LogP contribution is 2.15. The molecule has 0 bridgehead atoms. The fraction of sp³-hybridized carbons (Fsp3) is 1.00. The van der Waals surface area contributed by atoms with Crippen LogP contribution in [0.1, 0.15) is 53.4 Å². The second-order valence-electron chi connectivity index (χ2n) is 6.81. The Bertz CT molecular complexity index is 261. The maximum Gasteiger partial charge on any atom is 0.0673 e. The van der Waals surface area contributed by atoms with Gasteiger partial charge >= 0.3 is 0 Å². The Labute approximate surface area is 124 Å². The number of ether oxygens (including phenoxy) is 1. The number of aliphatic hydroxyl groups is 1. The Morgan fingerprint density at radius 2 is 2.15 bits per heavy atom. The van der Waals surface area contributed by atoms with E-state index in [1.54, 1.807) is 0 Å². The Hall–Kier alpha value is -0.160. The van der Waals surface area contributed by atoms with Gasteiger partial charge in [-0.25, -0.2) is 0 Å². The van der Waals surface area contributed by atoms with Crippen molar-refractivity contribution >= 4 is 0 Å².